The molecule has 9 rings (SSSR count). The van der Waals surface area contributed by atoms with Gasteiger partial charge in [0.05, 0.1) is 5.52 Å². The van der Waals surface area contributed by atoms with Gasteiger partial charge in [0, 0.05) is 58.2 Å². The Hall–Kier alpha value is -5.22. The summed E-state index contributed by atoms with van der Waals surface area (Å²) in [6.45, 7) is 0. The smallest absolute Gasteiger partial charge is 0.235 e. The monoisotopic (exact) mass is 500 g/mol. The van der Waals surface area contributed by atoms with E-state index in [9.17, 15) is 0 Å². The lowest BCUT2D eigenvalue weighted by Gasteiger charge is -2.24. The summed E-state index contributed by atoms with van der Waals surface area (Å²) in [7, 11) is 0. The number of hydrogen-bond donors (Lipinski definition) is 0. The number of fused-ring (bicyclic) bond motifs is 9. The molecule has 0 bridgehead atoms. The lowest BCUT2D eigenvalue weighted by Crippen LogP contribution is -2.30. The van der Waals surface area contributed by atoms with Crippen LogP contribution < -0.4 is 4.58 Å². The van der Waals surface area contributed by atoms with E-state index in [1.807, 2.05) is 24.5 Å². The quantitative estimate of drug-likeness (QED) is 0.223. The van der Waals surface area contributed by atoms with E-state index >= 15 is 0 Å². The zero-order valence-electron chi connectivity index (χ0n) is 21.0. The highest BCUT2D eigenvalue weighted by atomic mass is 16.3. The van der Waals surface area contributed by atoms with Crippen LogP contribution in [0.15, 0.2) is 132 Å². The standard InChI is InChI=1S/C35H22N3O/c1-4-13-32-25(8-1)28-19-18-27-26-9-5-12-31-33(26)38(34(27)35(28)39-32)30-11-3-2-10-29(30)37(31)24-16-14-22(15-17-24)23-7-6-20-36-21-23/h1-21,30H/q+1. The number of nitrogens with zero attached hydrogens (tertiary/aromatic N) is 3. The van der Waals surface area contributed by atoms with Crippen molar-refractivity contribution in [1.82, 2.24) is 14.1 Å². The van der Waals surface area contributed by atoms with Crippen LogP contribution in [0.5, 0.6) is 0 Å². The van der Waals surface area contributed by atoms with Crippen LogP contribution >= 0.6 is 0 Å². The predicted octanol–water partition coefficient (Wildman–Crippen LogP) is 8.71. The summed E-state index contributed by atoms with van der Waals surface area (Å²) in [5.74, 6) is 0. The van der Waals surface area contributed by atoms with Gasteiger partial charge < -0.3 is 8.98 Å². The number of aromatic nitrogens is 2. The SMILES string of the molecule is C1=CC2=[N+](c3ccc(-c4cccnc4)cc3)c3cccc4c5ccc6c7ccccc7oc6c5n(c34)C2C=C1. The van der Waals surface area contributed by atoms with Crippen LogP contribution in [0.25, 0.3) is 54.9 Å². The summed E-state index contributed by atoms with van der Waals surface area (Å²) in [4.78, 5) is 4.29. The first-order valence-corrected chi connectivity index (χ1v) is 13.3. The summed E-state index contributed by atoms with van der Waals surface area (Å²) in [5, 5.41) is 4.77. The number of rotatable bonds is 2. The largest absolute Gasteiger partial charge is 0.454 e. The van der Waals surface area contributed by atoms with Gasteiger partial charge in [-0.15, -0.1) is 0 Å². The van der Waals surface area contributed by atoms with E-state index in [2.05, 4.69) is 117 Å². The summed E-state index contributed by atoms with van der Waals surface area (Å²) in [5.41, 5.74) is 10.1. The van der Waals surface area contributed by atoms with Gasteiger partial charge in [-0.3, -0.25) is 4.98 Å². The van der Waals surface area contributed by atoms with Crippen LogP contribution in [0.1, 0.15) is 6.04 Å². The topological polar surface area (TPSA) is 34.0 Å². The summed E-state index contributed by atoms with van der Waals surface area (Å²) >= 11 is 0. The molecule has 7 aromatic rings. The first-order valence-electron chi connectivity index (χ1n) is 13.3. The summed E-state index contributed by atoms with van der Waals surface area (Å²) in [6, 6.07) is 32.4. The van der Waals surface area contributed by atoms with Gasteiger partial charge >= 0.3 is 0 Å². The number of para-hydroxylation sites is 2. The molecule has 1 atom stereocenters. The van der Waals surface area contributed by atoms with Gasteiger partial charge in [0.2, 0.25) is 17.1 Å². The van der Waals surface area contributed by atoms with E-state index in [4.69, 9.17) is 4.42 Å². The highest BCUT2D eigenvalue weighted by Gasteiger charge is 2.38. The van der Waals surface area contributed by atoms with Crippen LogP contribution in [-0.2, 0) is 0 Å². The molecule has 0 saturated heterocycles. The first kappa shape index (κ1) is 20.8. The van der Waals surface area contributed by atoms with Crippen molar-refractivity contribution in [3.05, 3.63) is 128 Å². The number of benzene rings is 4. The maximum atomic E-state index is 6.56. The van der Waals surface area contributed by atoms with Crippen molar-refractivity contribution < 1.29 is 4.42 Å². The van der Waals surface area contributed by atoms with E-state index in [1.54, 1.807) is 0 Å². The van der Waals surface area contributed by atoms with E-state index in [0.717, 1.165) is 44.3 Å². The molecule has 0 fully saturated rings. The third-order valence-corrected chi connectivity index (χ3v) is 8.18. The van der Waals surface area contributed by atoms with Crippen molar-refractivity contribution in [2.75, 3.05) is 0 Å². The maximum Gasteiger partial charge on any atom is 0.235 e. The molecule has 4 heteroatoms. The Morgan fingerprint density at radius 3 is 2.44 bits per heavy atom. The van der Waals surface area contributed by atoms with Crippen molar-refractivity contribution in [3.8, 4) is 11.1 Å². The van der Waals surface area contributed by atoms with E-state index in [-0.39, 0.29) is 6.04 Å². The van der Waals surface area contributed by atoms with Crippen molar-refractivity contribution >= 4 is 60.8 Å². The Morgan fingerprint density at radius 1 is 0.692 bits per heavy atom. The number of allylic oxidation sites excluding steroid dienone is 4. The average Bonchev–Trinajstić information content (AvgIpc) is 3.55. The fourth-order valence-corrected chi connectivity index (χ4v) is 6.51. The lowest BCUT2D eigenvalue weighted by atomic mass is 10.0. The first-order chi connectivity index (χ1) is 19.4. The second-order valence-electron chi connectivity index (χ2n) is 10.2. The molecule has 0 radical (unpaired) electrons. The van der Waals surface area contributed by atoms with Crippen LogP contribution in [0.4, 0.5) is 11.4 Å². The van der Waals surface area contributed by atoms with Gasteiger partial charge in [-0.25, -0.2) is 0 Å². The number of pyridine rings is 1. The van der Waals surface area contributed by atoms with E-state index < -0.39 is 0 Å². The normalized spacial score (nSPS) is 16.2. The molecule has 2 aliphatic rings. The highest BCUT2D eigenvalue weighted by Crippen LogP contribution is 2.46. The van der Waals surface area contributed by atoms with Crippen molar-refractivity contribution in [3.63, 3.8) is 0 Å². The fraction of sp³-hybridized carbons (Fsp3) is 0.0286. The molecule has 0 saturated carbocycles. The van der Waals surface area contributed by atoms with Gasteiger partial charge in [-0.2, -0.15) is 4.58 Å². The molecular formula is C35H22N3O+. The summed E-state index contributed by atoms with van der Waals surface area (Å²) in [6.07, 6.45) is 12.5. The van der Waals surface area contributed by atoms with Crippen LogP contribution in [0.3, 0.4) is 0 Å². The van der Waals surface area contributed by atoms with Gasteiger partial charge in [-0.05, 0) is 41.5 Å². The zero-order chi connectivity index (χ0) is 25.5. The molecule has 1 aliphatic carbocycles. The molecule has 0 amide bonds. The van der Waals surface area contributed by atoms with Gasteiger partial charge in [0.15, 0.2) is 5.58 Å². The third kappa shape index (κ3) is 2.78. The van der Waals surface area contributed by atoms with Gasteiger partial charge in [-0.1, -0.05) is 60.7 Å². The van der Waals surface area contributed by atoms with Crippen LogP contribution in [0.2, 0.25) is 0 Å². The molecule has 1 aliphatic heterocycles. The Balaban J connectivity index is 1.35. The minimum Gasteiger partial charge on any atom is -0.454 e. The highest BCUT2D eigenvalue weighted by molar-refractivity contribution is 6.24. The molecule has 1 unspecified atom stereocenters. The third-order valence-electron chi connectivity index (χ3n) is 8.18. The second-order valence-corrected chi connectivity index (χ2v) is 10.2. The summed E-state index contributed by atoms with van der Waals surface area (Å²) < 4.78 is 11.5. The second kappa shape index (κ2) is 7.65. The Labute approximate surface area is 224 Å². The molecule has 3 aromatic heterocycles. The molecule has 39 heavy (non-hydrogen) atoms. The molecule has 4 heterocycles. The molecule has 182 valence electrons. The molecule has 4 nitrogen and oxygen atoms in total. The van der Waals surface area contributed by atoms with Crippen LogP contribution in [0, 0.1) is 0 Å². The van der Waals surface area contributed by atoms with Gasteiger partial charge in [0.1, 0.15) is 17.1 Å². The van der Waals surface area contributed by atoms with Crippen molar-refractivity contribution in [2.45, 2.75) is 6.04 Å². The minimum absolute atomic E-state index is 0.0433. The predicted molar refractivity (Wildman–Crippen MR) is 160 cm³/mol. The van der Waals surface area contributed by atoms with Crippen molar-refractivity contribution in [1.29, 1.82) is 0 Å². The Morgan fingerprint density at radius 2 is 1.54 bits per heavy atom. The minimum atomic E-state index is 0.0433. The molecular weight excluding hydrogens is 478 g/mol. The van der Waals surface area contributed by atoms with Crippen molar-refractivity contribution in [2.24, 2.45) is 0 Å². The zero-order valence-corrected chi connectivity index (χ0v) is 21.0. The molecule has 0 spiro atoms. The molecule has 0 N–H and O–H groups in total. The van der Waals surface area contributed by atoms with E-state index in [0.29, 0.717) is 0 Å². The van der Waals surface area contributed by atoms with Gasteiger partial charge in [0.25, 0.3) is 0 Å². The molecule has 4 aromatic carbocycles. The average molecular weight is 501 g/mol. The number of furan rings is 1. The Bertz CT molecular complexity index is 2210. The fourth-order valence-electron chi connectivity index (χ4n) is 6.51. The maximum absolute atomic E-state index is 6.56. The van der Waals surface area contributed by atoms with Crippen LogP contribution in [-0.4, -0.2) is 15.3 Å². The lowest BCUT2D eigenvalue weighted by molar-refractivity contribution is 0.667. The number of hydrogen-bond acceptors (Lipinski definition) is 2. The Kier molecular flexibility index (Phi) is 4.08. The van der Waals surface area contributed by atoms with E-state index in [1.165, 1.54) is 27.7 Å².